The van der Waals surface area contributed by atoms with Crippen LogP contribution in [0.5, 0.6) is 0 Å². The summed E-state index contributed by atoms with van der Waals surface area (Å²) in [5, 5.41) is 12.9. The van der Waals surface area contributed by atoms with Crippen LogP contribution in [0.1, 0.15) is 24.8 Å². The fourth-order valence-electron chi connectivity index (χ4n) is 8.85. The first-order valence-electron chi connectivity index (χ1n) is 17.7. The summed E-state index contributed by atoms with van der Waals surface area (Å²) in [6.45, 7) is 0. The molecule has 0 spiro atoms. The molecule has 1 atom stereocenters. The first kappa shape index (κ1) is 28.2. The smallest absolute Gasteiger partial charge is 0.143 e. The maximum Gasteiger partial charge on any atom is 0.143 e. The van der Waals surface area contributed by atoms with E-state index in [4.69, 9.17) is 4.42 Å². The number of allylic oxidation sites excluding steroid dienone is 4. The molecule has 2 heteroatoms. The minimum absolute atomic E-state index is 0.335. The number of thiophene rings is 1. The normalized spacial score (nSPS) is 16.1. The van der Waals surface area contributed by atoms with Gasteiger partial charge in [0.05, 0.1) is 0 Å². The van der Waals surface area contributed by atoms with Crippen LogP contribution < -0.4 is 9.75 Å². The van der Waals surface area contributed by atoms with Gasteiger partial charge in [-0.15, -0.1) is 11.3 Å². The van der Waals surface area contributed by atoms with Crippen molar-refractivity contribution < 1.29 is 4.42 Å². The van der Waals surface area contributed by atoms with Gasteiger partial charge < -0.3 is 4.42 Å². The van der Waals surface area contributed by atoms with E-state index in [2.05, 4.69) is 152 Å². The van der Waals surface area contributed by atoms with Gasteiger partial charge in [0.1, 0.15) is 11.2 Å². The van der Waals surface area contributed by atoms with E-state index in [1.54, 1.807) is 0 Å². The predicted octanol–water partition coefficient (Wildman–Crippen LogP) is 12.3. The Bertz CT molecular complexity index is 3000. The SMILES string of the molecule is C1=C(c2c3ccccc3c(-c3ccccc3)c3ccccc23)CCC=C1C1C=c2c(sc3ccc4c(ccc5c6ccccc6oc54)c23)=CC1. The van der Waals surface area contributed by atoms with E-state index in [1.165, 1.54) is 90.8 Å². The van der Waals surface area contributed by atoms with Crippen molar-refractivity contribution in [2.75, 3.05) is 0 Å². The quantitative estimate of drug-likeness (QED) is 0.173. The lowest BCUT2D eigenvalue weighted by atomic mass is 9.80. The molecule has 0 N–H and O–H groups in total. The molecule has 0 amide bonds. The van der Waals surface area contributed by atoms with Crippen molar-refractivity contribution in [3.63, 3.8) is 0 Å². The van der Waals surface area contributed by atoms with Crippen LogP contribution in [0.4, 0.5) is 0 Å². The molecule has 2 aromatic heterocycles. The van der Waals surface area contributed by atoms with Crippen molar-refractivity contribution in [3.05, 3.63) is 160 Å². The zero-order chi connectivity index (χ0) is 32.8. The summed E-state index contributed by atoms with van der Waals surface area (Å²) in [6, 6.07) is 46.5. The van der Waals surface area contributed by atoms with E-state index < -0.39 is 0 Å². The molecule has 2 aliphatic carbocycles. The second-order valence-electron chi connectivity index (χ2n) is 13.8. The van der Waals surface area contributed by atoms with E-state index in [0.717, 1.165) is 30.4 Å². The van der Waals surface area contributed by atoms with Gasteiger partial charge in [0.15, 0.2) is 0 Å². The van der Waals surface area contributed by atoms with Gasteiger partial charge in [0.2, 0.25) is 0 Å². The summed E-state index contributed by atoms with van der Waals surface area (Å²) >= 11 is 1.92. The van der Waals surface area contributed by atoms with Crippen LogP contribution in [-0.2, 0) is 0 Å². The number of hydrogen-bond acceptors (Lipinski definition) is 2. The summed E-state index contributed by atoms with van der Waals surface area (Å²) in [5.41, 5.74) is 8.81. The summed E-state index contributed by atoms with van der Waals surface area (Å²) in [4.78, 5) is 0. The molecule has 1 unspecified atom stereocenters. The van der Waals surface area contributed by atoms with Crippen molar-refractivity contribution in [2.24, 2.45) is 5.92 Å². The van der Waals surface area contributed by atoms with E-state index >= 15 is 0 Å². The summed E-state index contributed by atoms with van der Waals surface area (Å²) in [7, 11) is 0. The van der Waals surface area contributed by atoms with Crippen LogP contribution >= 0.6 is 11.3 Å². The molecular formula is C48H32OS. The number of hydrogen-bond donors (Lipinski definition) is 0. The summed E-state index contributed by atoms with van der Waals surface area (Å²) < 4.78 is 9.20. The molecule has 0 saturated heterocycles. The van der Waals surface area contributed by atoms with Gasteiger partial charge >= 0.3 is 0 Å². The van der Waals surface area contributed by atoms with Crippen molar-refractivity contribution in [3.8, 4) is 11.1 Å². The monoisotopic (exact) mass is 656 g/mol. The first-order chi connectivity index (χ1) is 24.8. The number of para-hydroxylation sites is 1. The number of fused-ring (bicyclic) bond motifs is 11. The molecule has 11 rings (SSSR count). The number of rotatable bonds is 3. The van der Waals surface area contributed by atoms with Gasteiger partial charge in [-0.2, -0.15) is 0 Å². The third-order valence-electron chi connectivity index (χ3n) is 11.1. The third kappa shape index (κ3) is 4.12. The highest BCUT2D eigenvalue weighted by molar-refractivity contribution is 7.17. The molecule has 2 aliphatic rings. The molecule has 1 nitrogen and oxygen atoms in total. The molecule has 0 aliphatic heterocycles. The fraction of sp³-hybridized carbons (Fsp3) is 0.0833. The third-order valence-corrected chi connectivity index (χ3v) is 12.2. The van der Waals surface area contributed by atoms with Gasteiger partial charge in [-0.25, -0.2) is 0 Å². The van der Waals surface area contributed by atoms with Crippen LogP contribution in [0.25, 0.3) is 93.2 Å². The van der Waals surface area contributed by atoms with Crippen LogP contribution in [0.15, 0.2) is 150 Å². The second kappa shape index (κ2) is 10.9. The Kier molecular flexibility index (Phi) is 6.14. The van der Waals surface area contributed by atoms with Crippen molar-refractivity contribution >= 4 is 93.4 Å². The molecule has 0 saturated carbocycles. The lowest BCUT2D eigenvalue weighted by molar-refractivity contribution is 0.672. The predicted molar refractivity (Wildman–Crippen MR) is 215 cm³/mol. The van der Waals surface area contributed by atoms with Gasteiger partial charge in [0, 0.05) is 36.7 Å². The van der Waals surface area contributed by atoms with Crippen LogP contribution in [0.3, 0.4) is 0 Å². The molecule has 0 radical (unpaired) electrons. The minimum atomic E-state index is 0.335. The Morgan fingerprint density at radius 2 is 1.20 bits per heavy atom. The van der Waals surface area contributed by atoms with Gasteiger partial charge in [-0.3, -0.25) is 0 Å². The Hall–Kier alpha value is -5.70. The Morgan fingerprint density at radius 1 is 0.560 bits per heavy atom. The van der Waals surface area contributed by atoms with Crippen molar-refractivity contribution in [2.45, 2.75) is 19.3 Å². The maximum atomic E-state index is 6.47. The molecule has 50 heavy (non-hydrogen) atoms. The fourth-order valence-corrected chi connectivity index (χ4v) is 10.0. The molecule has 9 aromatic rings. The van der Waals surface area contributed by atoms with Gasteiger partial charge in [-0.05, 0) is 104 Å². The first-order valence-corrected chi connectivity index (χ1v) is 18.5. The minimum Gasteiger partial charge on any atom is -0.455 e. The Balaban J connectivity index is 1.08. The lowest BCUT2D eigenvalue weighted by Crippen LogP contribution is -2.25. The van der Waals surface area contributed by atoms with Crippen molar-refractivity contribution in [1.29, 1.82) is 0 Å². The average molecular weight is 657 g/mol. The lowest BCUT2D eigenvalue weighted by Gasteiger charge is -2.23. The van der Waals surface area contributed by atoms with E-state index in [1.807, 2.05) is 11.3 Å². The highest BCUT2D eigenvalue weighted by Gasteiger charge is 2.22. The molecular weight excluding hydrogens is 625 g/mol. The largest absolute Gasteiger partial charge is 0.455 e. The Labute approximate surface area is 293 Å². The number of benzene rings is 7. The van der Waals surface area contributed by atoms with Crippen LogP contribution in [-0.4, -0.2) is 0 Å². The van der Waals surface area contributed by atoms with E-state index in [0.29, 0.717) is 5.92 Å². The standard InChI is InChI=1S/C48H32OS/c1-2-11-29(12-3-1)45-34-16-4-6-18-36(34)46(37-19-7-5-17-35(37)45)32-14-10-13-30(27-32)31-21-25-43-41(28-31)47-38-22-23-39-33-15-8-9-20-42(33)49-48(39)40(38)24-26-44(47)50-43/h1-9,11-13,15-20,22-28,31H,10,14,21H2. The summed E-state index contributed by atoms with van der Waals surface area (Å²) in [5.74, 6) is 0.335. The van der Waals surface area contributed by atoms with Gasteiger partial charge in [-0.1, -0.05) is 127 Å². The topological polar surface area (TPSA) is 13.1 Å². The average Bonchev–Trinajstić information content (AvgIpc) is 3.76. The second-order valence-corrected chi connectivity index (χ2v) is 14.9. The summed E-state index contributed by atoms with van der Waals surface area (Å²) in [6.07, 6.45) is 13.2. The molecule has 7 aromatic carbocycles. The van der Waals surface area contributed by atoms with Crippen molar-refractivity contribution in [1.82, 2.24) is 0 Å². The zero-order valence-corrected chi connectivity index (χ0v) is 28.3. The molecule has 0 fully saturated rings. The molecule has 2 heterocycles. The zero-order valence-electron chi connectivity index (χ0n) is 27.4. The van der Waals surface area contributed by atoms with Crippen LogP contribution in [0, 0.1) is 5.92 Å². The maximum absolute atomic E-state index is 6.47. The highest BCUT2D eigenvalue weighted by atomic mass is 32.1. The van der Waals surface area contributed by atoms with Gasteiger partial charge in [0.25, 0.3) is 0 Å². The van der Waals surface area contributed by atoms with Crippen LogP contribution in [0.2, 0.25) is 0 Å². The van der Waals surface area contributed by atoms with E-state index in [-0.39, 0.29) is 0 Å². The molecule has 0 bridgehead atoms. The van der Waals surface area contributed by atoms with E-state index in [9.17, 15) is 0 Å². The Morgan fingerprint density at radius 3 is 1.98 bits per heavy atom. The number of furan rings is 1. The highest BCUT2D eigenvalue weighted by Crippen LogP contribution is 2.44. The molecule has 236 valence electrons.